The van der Waals surface area contributed by atoms with E-state index in [-0.39, 0.29) is 18.4 Å². The molecule has 0 saturated carbocycles. The van der Waals surface area contributed by atoms with Crippen molar-refractivity contribution in [2.45, 2.75) is 27.2 Å². The lowest BCUT2D eigenvalue weighted by atomic mass is 10.2. The maximum absolute atomic E-state index is 11.9. The molecule has 2 rings (SSSR count). The molecule has 0 unspecified atom stereocenters. The molecule has 0 fully saturated rings. The molecular formula is C20H25N3O2. The van der Waals surface area contributed by atoms with Gasteiger partial charge in [0.25, 0.3) is 0 Å². The number of aromatic nitrogens is 1. The molecule has 132 valence electrons. The highest BCUT2D eigenvalue weighted by Gasteiger charge is 2.09. The summed E-state index contributed by atoms with van der Waals surface area (Å²) < 4.78 is 2.15. The molecule has 1 aromatic carbocycles. The number of benzene rings is 1. The highest BCUT2D eigenvalue weighted by molar-refractivity contribution is 5.94. The van der Waals surface area contributed by atoms with Gasteiger partial charge < -0.3 is 15.2 Å². The van der Waals surface area contributed by atoms with E-state index >= 15 is 0 Å². The average molecular weight is 339 g/mol. The minimum absolute atomic E-state index is 0.00773. The maximum Gasteiger partial charge on any atom is 0.244 e. The van der Waals surface area contributed by atoms with Gasteiger partial charge in [0.15, 0.2) is 0 Å². The van der Waals surface area contributed by atoms with Gasteiger partial charge in [0, 0.05) is 29.7 Å². The number of hydrogen-bond donors (Lipinski definition) is 2. The summed E-state index contributed by atoms with van der Waals surface area (Å²) in [6, 6.07) is 12.1. The van der Waals surface area contributed by atoms with Crippen LogP contribution in [0.5, 0.6) is 0 Å². The van der Waals surface area contributed by atoms with Gasteiger partial charge in [-0.1, -0.05) is 25.1 Å². The minimum Gasteiger partial charge on any atom is -0.355 e. The largest absolute Gasteiger partial charge is 0.355 e. The SMILES string of the molecule is CCCNC(=O)CNC(=O)/C=C/c1cc(C)n(-c2ccccc2)c1C. The Kier molecular flexibility index (Phi) is 6.57. The van der Waals surface area contributed by atoms with E-state index in [1.807, 2.05) is 45.0 Å². The Morgan fingerprint density at radius 1 is 1.12 bits per heavy atom. The fourth-order valence-corrected chi connectivity index (χ4v) is 2.65. The first-order chi connectivity index (χ1) is 12.0. The van der Waals surface area contributed by atoms with Crippen LogP contribution < -0.4 is 10.6 Å². The van der Waals surface area contributed by atoms with Crippen LogP contribution in [-0.2, 0) is 9.59 Å². The fourth-order valence-electron chi connectivity index (χ4n) is 2.65. The molecule has 5 heteroatoms. The molecule has 0 spiro atoms. The zero-order valence-corrected chi connectivity index (χ0v) is 15.0. The van der Waals surface area contributed by atoms with E-state index in [0.717, 1.165) is 29.1 Å². The Morgan fingerprint density at radius 3 is 2.52 bits per heavy atom. The Labute approximate surface area is 148 Å². The summed E-state index contributed by atoms with van der Waals surface area (Å²) in [4.78, 5) is 23.4. The third-order valence-corrected chi connectivity index (χ3v) is 3.89. The van der Waals surface area contributed by atoms with Crippen molar-refractivity contribution in [2.24, 2.45) is 0 Å². The first-order valence-electron chi connectivity index (χ1n) is 8.50. The lowest BCUT2D eigenvalue weighted by molar-refractivity contribution is -0.123. The molecule has 0 saturated heterocycles. The van der Waals surface area contributed by atoms with E-state index in [4.69, 9.17) is 0 Å². The van der Waals surface area contributed by atoms with Gasteiger partial charge in [0.05, 0.1) is 6.54 Å². The van der Waals surface area contributed by atoms with E-state index in [1.54, 1.807) is 6.08 Å². The Hall–Kier alpha value is -2.82. The van der Waals surface area contributed by atoms with Crippen LogP contribution in [-0.4, -0.2) is 29.5 Å². The second-order valence-electron chi connectivity index (χ2n) is 5.90. The molecule has 1 aromatic heterocycles. The maximum atomic E-state index is 11.9. The zero-order chi connectivity index (χ0) is 18.2. The van der Waals surface area contributed by atoms with Crippen molar-refractivity contribution in [3.63, 3.8) is 0 Å². The van der Waals surface area contributed by atoms with Gasteiger partial charge in [-0.2, -0.15) is 0 Å². The molecule has 2 aromatic rings. The lowest BCUT2D eigenvalue weighted by Gasteiger charge is -2.09. The second kappa shape index (κ2) is 8.87. The van der Waals surface area contributed by atoms with Crippen molar-refractivity contribution in [3.8, 4) is 5.69 Å². The Bertz CT molecular complexity index is 761. The Balaban J connectivity index is 2.02. The van der Waals surface area contributed by atoms with E-state index in [2.05, 4.69) is 27.3 Å². The number of carbonyl (C=O) groups is 2. The van der Waals surface area contributed by atoms with Crippen molar-refractivity contribution >= 4 is 17.9 Å². The van der Waals surface area contributed by atoms with E-state index in [0.29, 0.717) is 6.54 Å². The summed E-state index contributed by atoms with van der Waals surface area (Å²) in [7, 11) is 0. The quantitative estimate of drug-likeness (QED) is 0.762. The predicted octanol–water partition coefficient (Wildman–Crippen LogP) is 2.75. The molecule has 0 aliphatic heterocycles. The molecular weight excluding hydrogens is 314 g/mol. The highest BCUT2D eigenvalue weighted by atomic mass is 16.2. The monoisotopic (exact) mass is 339 g/mol. The summed E-state index contributed by atoms with van der Waals surface area (Å²) in [5, 5.41) is 5.31. The van der Waals surface area contributed by atoms with Gasteiger partial charge in [-0.15, -0.1) is 0 Å². The molecule has 2 N–H and O–H groups in total. The predicted molar refractivity (Wildman–Crippen MR) is 101 cm³/mol. The van der Waals surface area contributed by atoms with Crippen molar-refractivity contribution < 1.29 is 9.59 Å². The smallest absolute Gasteiger partial charge is 0.244 e. The van der Waals surface area contributed by atoms with Crippen LogP contribution in [0.15, 0.2) is 42.5 Å². The van der Waals surface area contributed by atoms with Gasteiger partial charge in [0.2, 0.25) is 11.8 Å². The molecule has 25 heavy (non-hydrogen) atoms. The third kappa shape index (κ3) is 5.08. The number of amides is 2. The average Bonchev–Trinajstić information content (AvgIpc) is 2.90. The Morgan fingerprint density at radius 2 is 1.84 bits per heavy atom. The van der Waals surface area contributed by atoms with Crippen molar-refractivity contribution in [3.05, 3.63) is 59.4 Å². The van der Waals surface area contributed by atoms with E-state index in [1.165, 1.54) is 6.08 Å². The normalized spacial score (nSPS) is 10.8. The van der Waals surface area contributed by atoms with Crippen LogP contribution in [0.25, 0.3) is 11.8 Å². The third-order valence-electron chi connectivity index (χ3n) is 3.89. The van der Waals surface area contributed by atoms with Gasteiger partial charge in [-0.3, -0.25) is 9.59 Å². The molecule has 1 heterocycles. The molecule has 0 aliphatic rings. The van der Waals surface area contributed by atoms with E-state index < -0.39 is 0 Å². The van der Waals surface area contributed by atoms with Crippen molar-refractivity contribution in [1.29, 1.82) is 0 Å². The first-order valence-corrected chi connectivity index (χ1v) is 8.50. The van der Waals surface area contributed by atoms with Crippen LogP contribution in [0.1, 0.15) is 30.3 Å². The summed E-state index contributed by atoms with van der Waals surface area (Å²) in [5.74, 6) is -0.456. The van der Waals surface area contributed by atoms with E-state index in [9.17, 15) is 9.59 Å². The number of para-hydroxylation sites is 1. The number of nitrogens with one attached hydrogen (secondary N) is 2. The molecule has 0 bridgehead atoms. The van der Waals surface area contributed by atoms with Gasteiger partial charge in [0.1, 0.15) is 0 Å². The number of aryl methyl sites for hydroxylation is 1. The summed E-state index contributed by atoms with van der Waals surface area (Å²) in [6.07, 6.45) is 4.11. The first kappa shape index (κ1) is 18.5. The number of rotatable bonds is 7. The fraction of sp³-hybridized carbons (Fsp3) is 0.300. The van der Waals surface area contributed by atoms with Crippen LogP contribution >= 0.6 is 0 Å². The van der Waals surface area contributed by atoms with Gasteiger partial charge in [-0.05, 0) is 50.1 Å². The molecule has 0 aliphatic carbocycles. The van der Waals surface area contributed by atoms with Crippen LogP contribution in [0.3, 0.4) is 0 Å². The molecule has 5 nitrogen and oxygen atoms in total. The number of nitrogens with zero attached hydrogens (tertiary/aromatic N) is 1. The molecule has 0 radical (unpaired) electrons. The highest BCUT2D eigenvalue weighted by Crippen LogP contribution is 2.21. The summed E-state index contributed by atoms with van der Waals surface area (Å²) in [6.45, 7) is 6.65. The van der Waals surface area contributed by atoms with Crippen LogP contribution in [0.2, 0.25) is 0 Å². The van der Waals surface area contributed by atoms with Gasteiger partial charge in [-0.25, -0.2) is 0 Å². The lowest BCUT2D eigenvalue weighted by Crippen LogP contribution is -2.36. The zero-order valence-electron chi connectivity index (χ0n) is 15.0. The van der Waals surface area contributed by atoms with Crippen molar-refractivity contribution in [2.75, 3.05) is 13.1 Å². The standard InChI is InChI=1S/C20H25N3O2/c1-4-12-21-20(25)14-22-19(24)11-10-17-13-15(2)23(16(17)3)18-8-6-5-7-9-18/h5-11,13H,4,12,14H2,1-3H3,(H,21,25)(H,22,24)/b11-10+. The molecule has 0 atom stereocenters. The van der Waals surface area contributed by atoms with Gasteiger partial charge >= 0.3 is 0 Å². The number of carbonyl (C=O) groups excluding carboxylic acids is 2. The van der Waals surface area contributed by atoms with Crippen LogP contribution in [0.4, 0.5) is 0 Å². The van der Waals surface area contributed by atoms with Crippen LogP contribution in [0, 0.1) is 13.8 Å². The summed E-state index contributed by atoms with van der Waals surface area (Å²) in [5.41, 5.74) is 4.23. The second-order valence-corrected chi connectivity index (χ2v) is 5.90. The summed E-state index contributed by atoms with van der Waals surface area (Å²) >= 11 is 0. The van der Waals surface area contributed by atoms with Crippen molar-refractivity contribution in [1.82, 2.24) is 15.2 Å². The minimum atomic E-state index is -0.281. The topological polar surface area (TPSA) is 63.1 Å². The molecule has 2 amide bonds. The number of hydrogen-bond acceptors (Lipinski definition) is 2.